The van der Waals surface area contributed by atoms with Crippen LogP contribution in [0.3, 0.4) is 0 Å². The lowest BCUT2D eigenvalue weighted by Gasteiger charge is -2.39. The smallest absolute Gasteiger partial charge is 0.390 e. The summed E-state index contributed by atoms with van der Waals surface area (Å²) in [4.78, 5) is 27.7. The van der Waals surface area contributed by atoms with Gasteiger partial charge in [-0.1, -0.05) is 0 Å². The average Bonchev–Trinajstić information content (AvgIpc) is 3.33. The van der Waals surface area contributed by atoms with Crippen molar-refractivity contribution in [2.45, 2.75) is 63.3 Å². The summed E-state index contributed by atoms with van der Waals surface area (Å²) in [7, 11) is 0. The van der Waals surface area contributed by atoms with E-state index in [1.165, 1.54) is 0 Å². The summed E-state index contributed by atoms with van der Waals surface area (Å²) < 4.78 is 42.9. The number of pyridine rings is 2. The van der Waals surface area contributed by atoms with Crippen LogP contribution in [0.4, 0.5) is 23.8 Å². The van der Waals surface area contributed by atoms with E-state index in [9.17, 15) is 18.0 Å². The second-order valence-electron chi connectivity index (χ2n) is 8.94. The summed E-state index contributed by atoms with van der Waals surface area (Å²) in [5.41, 5.74) is 1.46. The Morgan fingerprint density at radius 3 is 2.56 bits per heavy atom. The molecule has 3 aromatic rings. The van der Waals surface area contributed by atoms with Gasteiger partial charge in [-0.2, -0.15) is 13.2 Å². The number of piperidine rings is 1. The number of aryl methyl sites for hydroxylation is 1. The fourth-order valence-corrected chi connectivity index (χ4v) is 5.00. The minimum absolute atomic E-state index is 0.00514. The fraction of sp³-hybridized carbons (Fsp3) is 0.478. The monoisotopic (exact) mass is 474 g/mol. The summed E-state index contributed by atoms with van der Waals surface area (Å²) in [6, 6.07) is 3.44. The maximum atomic E-state index is 13.1. The lowest BCUT2D eigenvalue weighted by Crippen LogP contribution is -2.53. The number of carbonyl (C=O) groups is 1. The van der Waals surface area contributed by atoms with Gasteiger partial charge in [-0.25, -0.2) is 14.8 Å². The lowest BCUT2D eigenvalue weighted by atomic mass is 9.97. The van der Waals surface area contributed by atoms with Crippen molar-refractivity contribution in [1.82, 2.24) is 25.2 Å². The van der Waals surface area contributed by atoms with Crippen LogP contribution in [0.15, 0.2) is 35.1 Å². The van der Waals surface area contributed by atoms with Crippen LogP contribution in [0.25, 0.3) is 22.2 Å². The van der Waals surface area contributed by atoms with E-state index in [2.05, 4.69) is 25.6 Å². The van der Waals surface area contributed by atoms with E-state index < -0.39 is 12.6 Å². The van der Waals surface area contributed by atoms with Crippen molar-refractivity contribution in [3.05, 3.63) is 36.6 Å². The maximum Gasteiger partial charge on any atom is 0.390 e. The third-order valence-corrected chi connectivity index (χ3v) is 6.52. The molecule has 2 bridgehead atoms. The standard InChI is InChI=1S/C23H25F3N6O2/c1-13-28-12-20(34-13)15-6-14-7-21(30-11-19(14)29-10-15)31-22(33)32-17-2-3-18(32)9-16(8-17)27-5-4-23(24,25)26/h6-7,10-12,16-18,27H,2-5,8-9H2,1H3,(H,30,31,33). The molecule has 2 atom stereocenters. The van der Waals surface area contributed by atoms with Gasteiger partial charge in [0.15, 0.2) is 11.7 Å². The molecular weight excluding hydrogens is 449 g/mol. The SMILES string of the molecule is Cc1ncc(-c2cnc3cnc(NC(=O)N4C5CCC4CC(NCCC(F)(F)F)C5)cc3c2)o1. The second kappa shape index (κ2) is 8.86. The number of aromatic nitrogens is 3. The Morgan fingerprint density at radius 2 is 1.88 bits per heavy atom. The number of fused-ring (bicyclic) bond motifs is 3. The summed E-state index contributed by atoms with van der Waals surface area (Å²) in [6.45, 7) is 1.68. The minimum Gasteiger partial charge on any atom is -0.441 e. The molecule has 2 N–H and O–H groups in total. The Hall–Kier alpha value is -3.21. The summed E-state index contributed by atoms with van der Waals surface area (Å²) in [5.74, 6) is 1.58. The second-order valence-corrected chi connectivity index (χ2v) is 8.94. The van der Waals surface area contributed by atoms with Crippen LogP contribution in [0, 0.1) is 6.92 Å². The van der Waals surface area contributed by atoms with Crippen LogP contribution in [-0.2, 0) is 0 Å². The third kappa shape index (κ3) is 4.84. The minimum atomic E-state index is -4.16. The first kappa shape index (κ1) is 22.6. The van der Waals surface area contributed by atoms with E-state index in [0.29, 0.717) is 35.8 Å². The van der Waals surface area contributed by atoms with Gasteiger partial charge in [0, 0.05) is 48.7 Å². The molecule has 2 aliphatic rings. The van der Waals surface area contributed by atoms with Gasteiger partial charge >= 0.3 is 12.2 Å². The average molecular weight is 474 g/mol. The normalized spacial score (nSPS) is 22.4. The van der Waals surface area contributed by atoms with Crippen molar-refractivity contribution in [3.8, 4) is 11.3 Å². The van der Waals surface area contributed by atoms with Gasteiger partial charge in [0.25, 0.3) is 0 Å². The molecule has 5 rings (SSSR count). The zero-order chi connectivity index (χ0) is 23.9. The Labute approximate surface area is 194 Å². The molecule has 3 aromatic heterocycles. The highest BCUT2D eigenvalue weighted by atomic mass is 19.4. The van der Waals surface area contributed by atoms with E-state index >= 15 is 0 Å². The molecule has 5 heterocycles. The van der Waals surface area contributed by atoms with E-state index in [1.54, 1.807) is 31.6 Å². The third-order valence-electron chi connectivity index (χ3n) is 6.52. The number of hydrogen-bond acceptors (Lipinski definition) is 6. The van der Waals surface area contributed by atoms with Gasteiger partial charge in [0.1, 0.15) is 5.82 Å². The number of rotatable bonds is 5. The zero-order valence-corrected chi connectivity index (χ0v) is 18.6. The molecule has 0 radical (unpaired) electrons. The van der Waals surface area contributed by atoms with Crippen molar-refractivity contribution >= 4 is 22.8 Å². The molecule has 2 amide bonds. The van der Waals surface area contributed by atoms with E-state index in [1.807, 2.05) is 11.0 Å². The van der Waals surface area contributed by atoms with Gasteiger partial charge in [-0.15, -0.1) is 0 Å². The molecule has 11 heteroatoms. The first-order chi connectivity index (χ1) is 16.2. The zero-order valence-electron chi connectivity index (χ0n) is 18.6. The van der Waals surface area contributed by atoms with Gasteiger partial charge in [0.05, 0.1) is 24.3 Å². The number of carbonyl (C=O) groups excluding carboxylic acids is 1. The van der Waals surface area contributed by atoms with Gasteiger partial charge in [0.2, 0.25) is 0 Å². The molecule has 34 heavy (non-hydrogen) atoms. The van der Waals surface area contributed by atoms with E-state index in [4.69, 9.17) is 4.42 Å². The molecule has 0 aromatic carbocycles. The Morgan fingerprint density at radius 1 is 1.12 bits per heavy atom. The van der Waals surface area contributed by atoms with Gasteiger partial charge in [-0.05, 0) is 37.8 Å². The molecule has 2 aliphatic heterocycles. The highest BCUT2D eigenvalue weighted by Gasteiger charge is 2.43. The van der Waals surface area contributed by atoms with Crippen LogP contribution >= 0.6 is 0 Å². The summed E-state index contributed by atoms with van der Waals surface area (Å²) in [6.07, 6.45) is 2.92. The Bertz CT molecular complexity index is 1180. The number of amides is 2. The molecular formula is C23H25F3N6O2. The number of oxazole rings is 1. The molecule has 8 nitrogen and oxygen atoms in total. The van der Waals surface area contributed by atoms with Crippen molar-refractivity contribution in [3.63, 3.8) is 0 Å². The number of urea groups is 1. The quantitative estimate of drug-likeness (QED) is 0.558. The highest BCUT2D eigenvalue weighted by Crippen LogP contribution is 2.36. The Kier molecular flexibility index (Phi) is 5.88. The highest BCUT2D eigenvalue weighted by molar-refractivity contribution is 5.92. The number of halogens is 3. The van der Waals surface area contributed by atoms with E-state index in [-0.39, 0.29) is 30.7 Å². The van der Waals surface area contributed by atoms with Gasteiger partial charge < -0.3 is 14.6 Å². The van der Waals surface area contributed by atoms with Crippen molar-refractivity contribution < 1.29 is 22.4 Å². The number of hydrogen-bond donors (Lipinski definition) is 2. The predicted octanol–water partition coefficient (Wildman–Crippen LogP) is 4.66. The molecule has 0 spiro atoms. The number of nitrogens with one attached hydrogen (secondary N) is 2. The molecule has 2 fully saturated rings. The first-order valence-corrected chi connectivity index (χ1v) is 11.3. The molecule has 2 saturated heterocycles. The molecule has 0 saturated carbocycles. The topological polar surface area (TPSA) is 96.2 Å². The van der Waals surface area contributed by atoms with Crippen molar-refractivity contribution in [2.24, 2.45) is 0 Å². The van der Waals surface area contributed by atoms with Crippen molar-refractivity contribution in [1.29, 1.82) is 0 Å². The Balaban J connectivity index is 1.25. The maximum absolute atomic E-state index is 13.1. The molecule has 0 aliphatic carbocycles. The van der Waals surface area contributed by atoms with E-state index in [0.717, 1.165) is 23.8 Å². The first-order valence-electron chi connectivity index (χ1n) is 11.3. The lowest BCUT2D eigenvalue weighted by molar-refractivity contribution is -0.133. The summed E-state index contributed by atoms with van der Waals surface area (Å²) in [5, 5.41) is 6.71. The van der Waals surface area contributed by atoms with Crippen LogP contribution in [0.5, 0.6) is 0 Å². The van der Waals surface area contributed by atoms with Gasteiger partial charge in [-0.3, -0.25) is 10.3 Å². The van der Waals surface area contributed by atoms with Crippen LogP contribution in [0.2, 0.25) is 0 Å². The fourth-order valence-electron chi connectivity index (χ4n) is 5.00. The van der Waals surface area contributed by atoms with Crippen LogP contribution in [0.1, 0.15) is 38.0 Å². The number of nitrogens with zero attached hydrogens (tertiary/aromatic N) is 4. The number of alkyl halides is 3. The molecule has 2 unspecified atom stereocenters. The van der Waals surface area contributed by atoms with Crippen LogP contribution < -0.4 is 10.6 Å². The number of anilines is 1. The largest absolute Gasteiger partial charge is 0.441 e. The van der Waals surface area contributed by atoms with Crippen LogP contribution in [-0.4, -0.2) is 56.7 Å². The predicted molar refractivity (Wildman–Crippen MR) is 119 cm³/mol. The molecule has 180 valence electrons. The van der Waals surface area contributed by atoms with Crippen molar-refractivity contribution in [2.75, 3.05) is 11.9 Å². The summed E-state index contributed by atoms with van der Waals surface area (Å²) >= 11 is 0.